The molecule has 0 aliphatic carbocycles. The number of aromatic nitrogens is 1. The number of aromatic amines is 1. The van der Waals surface area contributed by atoms with Crippen LogP contribution < -0.4 is 16.2 Å². The number of nitrogens with zero attached hydrogens (tertiary/aromatic N) is 1. The molecular weight excluding hydrogens is 384 g/mol. The molecule has 8 nitrogen and oxygen atoms in total. The van der Waals surface area contributed by atoms with Crippen LogP contribution in [0.1, 0.15) is 17.2 Å². The second kappa shape index (κ2) is 9.53. The van der Waals surface area contributed by atoms with Crippen molar-refractivity contribution in [2.75, 3.05) is 32.5 Å². The van der Waals surface area contributed by atoms with Crippen molar-refractivity contribution in [3.8, 4) is 5.75 Å². The van der Waals surface area contributed by atoms with Crippen molar-refractivity contribution in [2.24, 2.45) is 0 Å². The van der Waals surface area contributed by atoms with Gasteiger partial charge in [0.05, 0.1) is 18.2 Å². The highest BCUT2D eigenvalue weighted by Crippen LogP contribution is 2.28. The average molecular weight is 410 g/mol. The molecule has 2 aromatic carbocycles. The van der Waals surface area contributed by atoms with Crippen LogP contribution in [-0.4, -0.2) is 53.2 Å². The largest absolute Gasteiger partial charge is 0.506 e. The fourth-order valence-electron chi connectivity index (χ4n) is 3.21. The number of aliphatic hydroxyl groups excluding tert-OH is 1. The molecule has 1 unspecified atom stereocenters. The zero-order chi connectivity index (χ0) is 21.7. The fourth-order valence-corrected chi connectivity index (χ4v) is 3.21. The van der Waals surface area contributed by atoms with E-state index in [9.17, 15) is 19.8 Å². The molecule has 5 N–H and O–H groups in total. The lowest BCUT2D eigenvalue weighted by atomic mass is 10.0. The van der Waals surface area contributed by atoms with E-state index in [1.54, 1.807) is 17.0 Å². The molecule has 0 bridgehead atoms. The summed E-state index contributed by atoms with van der Waals surface area (Å²) in [6.45, 7) is 1.15. The Morgan fingerprint density at radius 2 is 1.83 bits per heavy atom. The number of likely N-dealkylation sites (N-methyl/N-ethyl adjacent to an activating group) is 1. The Kier molecular flexibility index (Phi) is 6.83. The highest BCUT2D eigenvalue weighted by atomic mass is 16.3. The second-order valence-electron chi connectivity index (χ2n) is 7.41. The second-order valence-corrected chi connectivity index (χ2v) is 7.41. The molecule has 158 valence electrons. The summed E-state index contributed by atoms with van der Waals surface area (Å²) in [4.78, 5) is 27.7. The van der Waals surface area contributed by atoms with Crippen LogP contribution in [0.15, 0.2) is 53.3 Å². The lowest BCUT2D eigenvalue weighted by Crippen LogP contribution is -2.27. The van der Waals surface area contributed by atoms with Crippen LogP contribution in [0.4, 0.5) is 5.69 Å². The number of benzene rings is 2. The van der Waals surface area contributed by atoms with Crippen LogP contribution in [0.25, 0.3) is 10.9 Å². The first-order chi connectivity index (χ1) is 14.3. The SMILES string of the molecule is CN(C)CC(=O)Nc1ccc(CNCC(O)c2ccc(O)c3[nH]c(=O)ccc23)cc1. The van der Waals surface area contributed by atoms with Gasteiger partial charge in [0.15, 0.2) is 0 Å². The molecule has 0 fully saturated rings. The van der Waals surface area contributed by atoms with Gasteiger partial charge in [0.2, 0.25) is 11.5 Å². The van der Waals surface area contributed by atoms with E-state index in [2.05, 4.69) is 15.6 Å². The quantitative estimate of drug-likeness (QED) is 0.385. The van der Waals surface area contributed by atoms with E-state index in [0.29, 0.717) is 36.1 Å². The van der Waals surface area contributed by atoms with Gasteiger partial charge in [0.25, 0.3) is 0 Å². The number of nitrogens with one attached hydrogen (secondary N) is 3. The summed E-state index contributed by atoms with van der Waals surface area (Å²) in [6, 6.07) is 13.6. The lowest BCUT2D eigenvalue weighted by molar-refractivity contribution is -0.116. The number of aromatic hydroxyl groups is 1. The fraction of sp³-hybridized carbons (Fsp3) is 0.273. The molecule has 1 amide bonds. The van der Waals surface area contributed by atoms with E-state index in [-0.39, 0.29) is 17.2 Å². The molecule has 0 spiro atoms. The van der Waals surface area contributed by atoms with Gasteiger partial charge in [-0.2, -0.15) is 0 Å². The van der Waals surface area contributed by atoms with Gasteiger partial charge in [0, 0.05) is 30.2 Å². The predicted octanol–water partition coefficient (Wildman–Crippen LogP) is 1.56. The molecular formula is C22H26N4O4. The van der Waals surface area contributed by atoms with E-state index in [1.807, 2.05) is 38.4 Å². The molecule has 0 aliphatic rings. The predicted molar refractivity (Wildman–Crippen MR) is 117 cm³/mol. The molecule has 0 radical (unpaired) electrons. The number of amides is 1. The van der Waals surface area contributed by atoms with Crippen molar-refractivity contribution >= 4 is 22.5 Å². The Labute approximate surface area is 174 Å². The number of pyridine rings is 1. The Morgan fingerprint density at radius 3 is 2.53 bits per heavy atom. The molecule has 30 heavy (non-hydrogen) atoms. The maximum Gasteiger partial charge on any atom is 0.248 e. The first-order valence-electron chi connectivity index (χ1n) is 9.60. The topological polar surface area (TPSA) is 118 Å². The Hall–Kier alpha value is -3.20. The number of hydrogen-bond donors (Lipinski definition) is 5. The zero-order valence-corrected chi connectivity index (χ0v) is 17.0. The first-order valence-corrected chi connectivity index (χ1v) is 9.60. The van der Waals surface area contributed by atoms with Gasteiger partial charge in [-0.1, -0.05) is 18.2 Å². The minimum atomic E-state index is -0.816. The summed E-state index contributed by atoms with van der Waals surface area (Å²) in [5, 5.41) is 27.2. The van der Waals surface area contributed by atoms with Gasteiger partial charge in [-0.3, -0.25) is 9.59 Å². The third-order valence-corrected chi connectivity index (χ3v) is 4.63. The number of fused-ring (bicyclic) bond motifs is 1. The van der Waals surface area contributed by atoms with Crippen molar-refractivity contribution in [3.63, 3.8) is 0 Å². The Balaban J connectivity index is 1.58. The van der Waals surface area contributed by atoms with Crippen LogP contribution in [0, 0.1) is 0 Å². The number of carbonyl (C=O) groups excluding carboxylic acids is 1. The zero-order valence-electron chi connectivity index (χ0n) is 17.0. The number of phenolic OH excluding ortho intramolecular Hbond substituents is 1. The summed E-state index contributed by atoms with van der Waals surface area (Å²) in [7, 11) is 3.67. The van der Waals surface area contributed by atoms with E-state index in [4.69, 9.17) is 0 Å². The van der Waals surface area contributed by atoms with E-state index in [0.717, 1.165) is 11.3 Å². The number of rotatable bonds is 8. The smallest absolute Gasteiger partial charge is 0.248 e. The van der Waals surface area contributed by atoms with Crippen LogP contribution in [0.5, 0.6) is 5.75 Å². The molecule has 0 saturated heterocycles. The van der Waals surface area contributed by atoms with E-state index in [1.165, 1.54) is 12.1 Å². The number of H-pyrrole nitrogens is 1. The molecule has 3 rings (SSSR count). The number of anilines is 1. The summed E-state index contributed by atoms with van der Waals surface area (Å²) in [5.74, 6) is -0.110. The standard InChI is InChI=1S/C22H26N4O4/c1-26(2)13-21(30)24-15-5-3-14(4-6-15)11-23-12-19(28)16-7-9-18(27)22-17(16)8-10-20(29)25-22/h3-10,19,23,27-28H,11-13H2,1-2H3,(H,24,30)(H,25,29). The molecule has 1 heterocycles. The number of carbonyl (C=O) groups is 1. The summed E-state index contributed by atoms with van der Waals surface area (Å²) >= 11 is 0. The van der Waals surface area contributed by atoms with Gasteiger partial charge in [-0.25, -0.2) is 0 Å². The van der Waals surface area contributed by atoms with Crippen LogP contribution in [0.3, 0.4) is 0 Å². The number of hydrogen-bond acceptors (Lipinski definition) is 6. The van der Waals surface area contributed by atoms with Crippen molar-refractivity contribution in [3.05, 3.63) is 70.0 Å². The number of aliphatic hydroxyl groups is 1. The minimum Gasteiger partial charge on any atom is -0.506 e. The normalized spacial score (nSPS) is 12.3. The van der Waals surface area contributed by atoms with Gasteiger partial charge < -0.3 is 30.7 Å². The molecule has 1 aromatic heterocycles. The maximum atomic E-state index is 11.8. The summed E-state index contributed by atoms with van der Waals surface area (Å²) in [5.41, 5.74) is 2.35. The number of phenols is 1. The monoisotopic (exact) mass is 410 g/mol. The van der Waals surface area contributed by atoms with Crippen molar-refractivity contribution < 1.29 is 15.0 Å². The van der Waals surface area contributed by atoms with Crippen molar-refractivity contribution in [2.45, 2.75) is 12.6 Å². The van der Waals surface area contributed by atoms with Crippen LogP contribution in [-0.2, 0) is 11.3 Å². The molecule has 3 aromatic rings. The maximum absolute atomic E-state index is 11.8. The molecule has 1 atom stereocenters. The van der Waals surface area contributed by atoms with Gasteiger partial charge in [-0.05, 0) is 49.5 Å². The first kappa shape index (κ1) is 21.5. The lowest BCUT2D eigenvalue weighted by Gasteiger charge is -2.15. The molecule has 0 saturated carbocycles. The summed E-state index contributed by atoms with van der Waals surface area (Å²) < 4.78 is 0. The third-order valence-electron chi connectivity index (χ3n) is 4.63. The van der Waals surface area contributed by atoms with Crippen molar-refractivity contribution in [1.29, 1.82) is 0 Å². The van der Waals surface area contributed by atoms with Crippen LogP contribution in [0.2, 0.25) is 0 Å². The molecule has 0 aliphatic heterocycles. The highest BCUT2D eigenvalue weighted by molar-refractivity contribution is 5.92. The van der Waals surface area contributed by atoms with E-state index < -0.39 is 6.10 Å². The highest BCUT2D eigenvalue weighted by Gasteiger charge is 2.13. The van der Waals surface area contributed by atoms with Crippen molar-refractivity contribution in [1.82, 2.24) is 15.2 Å². The van der Waals surface area contributed by atoms with Gasteiger partial charge in [-0.15, -0.1) is 0 Å². The van der Waals surface area contributed by atoms with E-state index >= 15 is 0 Å². The Bertz CT molecular complexity index is 1080. The van der Waals surface area contributed by atoms with Gasteiger partial charge in [0.1, 0.15) is 5.75 Å². The summed E-state index contributed by atoms with van der Waals surface area (Å²) in [6.07, 6.45) is -0.816. The van der Waals surface area contributed by atoms with Crippen LogP contribution >= 0.6 is 0 Å². The Morgan fingerprint density at radius 1 is 1.10 bits per heavy atom. The van der Waals surface area contributed by atoms with Gasteiger partial charge >= 0.3 is 0 Å². The minimum absolute atomic E-state index is 0.0376. The third kappa shape index (κ3) is 5.44. The molecule has 8 heteroatoms. The average Bonchev–Trinajstić information content (AvgIpc) is 2.69.